The lowest BCUT2D eigenvalue weighted by atomic mass is 10.1. The van der Waals surface area contributed by atoms with E-state index in [1.807, 2.05) is 0 Å². The fourth-order valence-electron chi connectivity index (χ4n) is 1.13. The van der Waals surface area contributed by atoms with Gasteiger partial charge in [0.2, 0.25) is 0 Å². The van der Waals surface area contributed by atoms with E-state index in [1.165, 1.54) is 6.92 Å². The van der Waals surface area contributed by atoms with Crippen molar-refractivity contribution < 1.29 is 22.7 Å². The van der Waals surface area contributed by atoms with Crippen LogP contribution in [0.2, 0.25) is 0 Å². The Kier molecular flexibility index (Phi) is 3.36. The second-order valence-corrected chi connectivity index (χ2v) is 2.84. The molecular weight excluding hydrogens is 225 g/mol. The number of nitrogens with two attached hydrogens (primary N) is 1. The predicted octanol–water partition coefficient (Wildman–Crippen LogP) is 1.86. The van der Waals surface area contributed by atoms with Gasteiger partial charge in [-0.3, -0.25) is 0 Å². The molecule has 16 heavy (non-hydrogen) atoms. The average Bonchev–Trinajstić information content (AvgIpc) is 2.16. The van der Waals surface area contributed by atoms with Gasteiger partial charge in [0.1, 0.15) is 11.4 Å². The Balaban J connectivity index is 3.30. The maximum Gasteiger partial charge on any atom is 0.417 e. The lowest BCUT2D eigenvalue weighted by molar-refractivity contribution is -0.138. The van der Waals surface area contributed by atoms with Gasteiger partial charge in [0, 0.05) is 6.20 Å². The van der Waals surface area contributed by atoms with Gasteiger partial charge in [0.15, 0.2) is 0 Å². The van der Waals surface area contributed by atoms with Gasteiger partial charge in [-0.15, -0.1) is 0 Å². The smallest absolute Gasteiger partial charge is 0.417 e. The first-order valence-electron chi connectivity index (χ1n) is 4.36. The molecule has 0 saturated heterocycles. The summed E-state index contributed by atoms with van der Waals surface area (Å²) in [6.07, 6.45) is -3.78. The summed E-state index contributed by atoms with van der Waals surface area (Å²) < 4.78 is 42.1. The summed E-state index contributed by atoms with van der Waals surface area (Å²) in [5.74, 6) is -1.62. The molecule has 1 aromatic heterocycles. The normalized spacial score (nSPS) is 11.2. The molecule has 88 valence electrons. The molecule has 0 radical (unpaired) electrons. The largest absolute Gasteiger partial charge is 0.462 e. The topological polar surface area (TPSA) is 65.2 Å². The third-order valence-corrected chi connectivity index (χ3v) is 1.77. The van der Waals surface area contributed by atoms with Gasteiger partial charge in [-0.2, -0.15) is 13.2 Å². The maximum atomic E-state index is 12.5. The second-order valence-electron chi connectivity index (χ2n) is 2.84. The predicted molar refractivity (Wildman–Crippen MR) is 49.6 cm³/mol. The number of pyridine rings is 1. The fourth-order valence-corrected chi connectivity index (χ4v) is 1.13. The minimum Gasteiger partial charge on any atom is -0.462 e. The highest BCUT2D eigenvalue weighted by molar-refractivity contribution is 5.95. The van der Waals surface area contributed by atoms with E-state index in [4.69, 9.17) is 5.73 Å². The number of hydrogen-bond acceptors (Lipinski definition) is 4. The second kappa shape index (κ2) is 4.38. The molecule has 0 aliphatic rings. The van der Waals surface area contributed by atoms with Crippen LogP contribution in [0.4, 0.5) is 19.0 Å². The van der Waals surface area contributed by atoms with Crippen LogP contribution in [0.5, 0.6) is 0 Å². The lowest BCUT2D eigenvalue weighted by Gasteiger charge is -2.12. The van der Waals surface area contributed by atoms with Crippen LogP contribution in [0.25, 0.3) is 0 Å². The van der Waals surface area contributed by atoms with Crippen LogP contribution >= 0.6 is 0 Å². The zero-order chi connectivity index (χ0) is 12.3. The van der Waals surface area contributed by atoms with E-state index >= 15 is 0 Å². The van der Waals surface area contributed by atoms with Crippen molar-refractivity contribution in [2.75, 3.05) is 12.3 Å². The molecule has 1 aromatic rings. The number of ether oxygens (including phenoxy) is 1. The van der Waals surface area contributed by atoms with E-state index < -0.39 is 29.1 Å². The van der Waals surface area contributed by atoms with Crippen molar-refractivity contribution in [2.24, 2.45) is 0 Å². The first-order valence-corrected chi connectivity index (χ1v) is 4.36. The minimum atomic E-state index is -4.67. The Morgan fingerprint density at radius 1 is 1.56 bits per heavy atom. The molecule has 7 heteroatoms. The van der Waals surface area contributed by atoms with Crippen molar-refractivity contribution in [2.45, 2.75) is 13.1 Å². The highest BCUT2D eigenvalue weighted by atomic mass is 19.4. The molecule has 1 heterocycles. The van der Waals surface area contributed by atoms with Crippen molar-refractivity contribution in [1.82, 2.24) is 4.98 Å². The molecule has 0 spiro atoms. The number of nitrogens with zero attached hydrogens (tertiary/aromatic N) is 1. The zero-order valence-corrected chi connectivity index (χ0v) is 8.34. The van der Waals surface area contributed by atoms with E-state index in [0.717, 1.165) is 6.20 Å². The Morgan fingerprint density at radius 3 is 2.69 bits per heavy atom. The first-order chi connectivity index (χ1) is 7.38. The molecule has 0 unspecified atom stereocenters. The highest BCUT2D eigenvalue weighted by Gasteiger charge is 2.37. The lowest BCUT2D eigenvalue weighted by Crippen LogP contribution is -2.18. The number of rotatable bonds is 2. The summed E-state index contributed by atoms with van der Waals surface area (Å²) in [4.78, 5) is 14.7. The van der Waals surface area contributed by atoms with Gasteiger partial charge in [-0.05, 0) is 13.0 Å². The number of carbonyl (C=O) groups is 1. The summed E-state index contributed by atoms with van der Waals surface area (Å²) in [7, 11) is 0. The van der Waals surface area contributed by atoms with E-state index in [-0.39, 0.29) is 6.61 Å². The van der Waals surface area contributed by atoms with E-state index in [0.29, 0.717) is 6.07 Å². The van der Waals surface area contributed by atoms with Gasteiger partial charge >= 0.3 is 12.1 Å². The van der Waals surface area contributed by atoms with E-state index in [1.54, 1.807) is 0 Å². The first kappa shape index (κ1) is 12.3. The molecule has 0 atom stereocenters. The molecular formula is C9H9F3N2O2. The van der Waals surface area contributed by atoms with Gasteiger partial charge in [0.25, 0.3) is 0 Å². The number of aromatic nitrogens is 1. The van der Waals surface area contributed by atoms with Crippen LogP contribution in [-0.2, 0) is 10.9 Å². The number of alkyl halides is 3. The summed E-state index contributed by atoms with van der Waals surface area (Å²) in [5, 5.41) is 0. The average molecular weight is 234 g/mol. The summed E-state index contributed by atoms with van der Waals surface area (Å²) >= 11 is 0. The molecule has 0 aliphatic carbocycles. The van der Waals surface area contributed by atoms with E-state index in [9.17, 15) is 18.0 Å². The number of esters is 1. The van der Waals surface area contributed by atoms with Crippen LogP contribution in [0.3, 0.4) is 0 Å². The summed E-state index contributed by atoms with van der Waals surface area (Å²) in [5.41, 5.74) is 3.36. The quantitative estimate of drug-likeness (QED) is 0.793. The molecule has 0 fully saturated rings. The SMILES string of the molecule is CCOC(=O)c1c(C(F)(F)F)ccnc1N. The third kappa shape index (κ3) is 2.41. The maximum absolute atomic E-state index is 12.5. The van der Waals surface area contributed by atoms with Gasteiger partial charge < -0.3 is 10.5 Å². The van der Waals surface area contributed by atoms with Crippen molar-refractivity contribution in [1.29, 1.82) is 0 Å². The summed E-state index contributed by atoms with van der Waals surface area (Å²) in [6.45, 7) is 1.45. The summed E-state index contributed by atoms with van der Waals surface area (Å²) in [6, 6.07) is 0.683. The minimum absolute atomic E-state index is 0.0372. The van der Waals surface area contributed by atoms with Gasteiger partial charge in [-0.1, -0.05) is 0 Å². The van der Waals surface area contributed by atoms with Crippen LogP contribution in [-0.4, -0.2) is 17.6 Å². The Labute approximate surface area is 89.2 Å². The van der Waals surface area contributed by atoms with Crippen molar-refractivity contribution in [3.8, 4) is 0 Å². The molecule has 0 aliphatic heterocycles. The standard InChI is InChI=1S/C9H9F3N2O2/c1-2-16-8(15)6-5(9(10,11)12)3-4-14-7(6)13/h3-4H,2H2,1H3,(H2,13,14). The van der Waals surface area contributed by atoms with Crippen LogP contribution < -0.4 is 5.73 Å². The van der Waals surface area contributed by atoms with Gasteiger partial charge in [0.05, 0.1) is 12.2 Å². The molecule has 1 rings (SSSR count). The van der Waals surface area contributed by atoms with Crippen molar-refractivity contribution in [3.63, 3.8) is 0 Å². The van der Waals surface area contributed by atoms with E-state index in [2.05, 4.69) is 9.72 Å². The molecule has 0 aromatic carbocycles. The molecule has 0 bridgehead atoms. The monoisotopic (exact) mass is 234 g/mol. The molecule has 4 nitrogen and oxygen atoms in total. The molecule has 2 N–H and O–H groups in total. The Morgan fingerprint density at radius 2 is 2.19 bits per heavy atom. The van der Waals surface area contributed by atoms with Gasteiger partial charge in [-0.25, -0.2) is 9.78 Å². The Hall–Kier alpha value is -1.79. The van der Waals surface area contributed by atoms with Crippen molar-refractivity contribution in [3.05, 3.63) is 23.4 Å². The van der Waals surface area contributed by atoms with Crippen LogP contribution in [0.15, 0.2) is 12.3 Å². The van der Waals surface area contributed by atoms with Crippen LogP contribution in [0.1, 0.15) is 22.8 Å². The number of nitrogen functional groups attached to an aromatic ring is 1. The third-order valence-electron chi connectivity index (χ3n) is 1.77. The number of halogens is 3. The molecule has 0 saturated carbocycles. The zero-order valence-electron chi connectivity index (χ0n) is 8.34. The fraction of sp³-hybridized carbons (Fsp3) is 0.333. The number of anilines is 1. The highest BCUT2D eigenvalue weighted by Crippen LogP contribution is 2.33. The number of hydrogen-bond donors (Lipinski definition) is 1. The number of carbonyl (C=O) groups excluding carboxylic acids is 1. The Bertz CT molecular complexity index is 404. The molecule has 0 amide bonds. The van der Waals surface area contributed by atoms with Crippen LogP contribution in [0, 0.1) is 0 Å². The van der Waals surface area contributed by atoms with Crippen molar-refractivity contribution >= 4 is 11.8 Å².